The third-order valence-corrected chi connectivity index (χ3v) is 3.55. The van der Waals surface area contributed by atoms with Crippen molar-refractivity contribution >= 4 is 0 Å². The van der Waals surface area contributed by atoms with E-state index in [1.165, 1.54) is 5.56 Å². The predicted octanol–water partition coefficient (Wildman–Crippen LogP) is 1.03. The fourth-order valence-corrected chi connectivity index (χ4v) is 2.41. The Hall–Kier alpha value is -1.34. The van der Waals surface area contributed by atoms with Gasteiger partial charge in [0.15, 0.2) is 0 Å². The lowest BCUT2D eigenvalue weighted by molar-refractivity contribution is 0.128. The molecular formula is C16H23N3. The van der Waals surface area contributed by atoms with Gasteiger partial charge in [0.2, 0.25) is 0 Å². The van der Waals surface area contributed by atoms with E-state index in [-0.39, 0.29) is 0 Å². The average Bonchev–Trinajstić information content (AvgIpc) is 2.46. The second-order valence-electron chi connectivity index (χ2n) is 4.98. The van der Waals surface area contributed by atoms with Gasteiger partial charge < -0.3 is 5.32 Å². The van der Waals surface area contributed by atoms with E-state index in [4.69, 9.17) is 6.42 Å². The Bertz CT molecular complexity index is 388. The largest absolute Gasteiger partial charge is 0.305 e. The van der Waals surface area contributed by atoms with Crippen LogP contribution in [0.25, 0.3) is 0 Å². The first-order valence-corrected chi connectivity index (χ1v) is 7.01. The molecule has 102 valence electrons. The van der Waals surface area contributed by atoms with Gasteiger partial charge in [-0.3, -0.25) is 9.80 Å². The van der Waals surface area contributed by atoms with Crippen LogP contribution >= 0.6 is 0 Å². The summed E-state index contributed by atoms with van der Waals surface area (Å²) in [6, 6.07) is 10.7. The quantitative estimate of drug-likeness (QED) is 0.606. The van der Waals surface area contributed by atoms with Crippen molar-refractivity contribution in [3.63, 3.8) is 0 Å². The molecule has 0 radical (unpaired) electrons. The van der Waals surface area contributed by atoms with Gasteiger partial charge in [-0.25, -0.2) is 0 Å². The molecule has 1 aliphatic rings. The standard InChI is InChI=1S/C16H23N3/c1-2-8-17-9-10-18-11-13-19(14-12-18)15-16-6-4-3-5-7-16/h1,3-7,17H,8-15H2. The maximum atomic E-state index is 5.21. The molecule has 0 spiro atoms. The molecule has 1 fully saturated rings. The fourth-order valence-electron chi connectivity index (χ4n) is 2.41. The minimum atomic E-state index is 0.675. The van der Waals surface area contributed by atoms with E-state index in [0.717, 1.165) is 45.8 Å². The third-order valence-electron chi connectivity index (χ3n) is 3.55. The Morgan fingerprint density at radius 1 is 1.05 bits per heavy atom. The summed E-state index contributed by atoms with van der Waals surface area (Å²) in [6.45, 7) is 8.46. The summed E-state index contributed by atoms with van der Waals surface area (Å²) in [5, 5.41) is 3.24. The zero-order valence-corrected chi connectivity index (χ0v) is 11.5. The van der Waals surface area contributed by atoms with Gasteiger partial charge >= 0.3 is 0 Å². The van der Waals surface area contributed by atoms with Gasteiger partial charge in [-0.05, 0) is 5.56 Å². The molecule has 19 heavy (non-hydrogen) atoms. The molecule has 0 unspecified atom stereocenters. The summed E-state index contributed by atoms with van der Waals surface area (Å²) in [7, 11) is 0. The second-order valence-corrected chi connectivity index (χ2v) is 4.98. The van der Waals surface area contributed by atoms with Crippen LogP contribution in [0.2, 0.25) is 0 Å². The van der Waals surface area contributed by atoms with Crippen LogP contribution in [0.3, 0.4) is 0 Å². The smallest absolute Gasteiger partial charge is 0.0574 e. The fraction of sp³-hybridized carbons (Fsp3) is 0.500. The molecule has 3 heteroatoms. The average molecular weight is 257 g/mol. The van der Waals surface area contributed by atoms with Crippen molar-refractivity contribution in [3.05, 3.63) is 35.9 Å². The molecule has 1 saturated heterocycles. The molecule has 3 nitrogen and oxygen atoms in total. The topological polar surface area (TPSA) is 18.5 Å². The van der Waals surface area contributed by atoms with Gasteiger partial charge in [0.25, 0.3) is 0 Å². The second kappa shape index (κ2) is 7.96. The van der Waals surface area contributed by atoms with Gasteiger partial charge in [0.05, 0.1) is 6.54 Å². The summed E-state index contributed by atoms with van der Waals surface area (Å²) < 4.78 is 0. The van der Waals surface area contributed by atoms with E-state index in [9.17, 15) is 0 Å². The number of hydrogen-bond acceptors (Lipinski definition) is 3. The summed E-state index contributed by atoms with van der Waals surface area (Å²) in [4.78, 5) is 5.03. The van der Waals surface area contributed by atoms with Crippen LogP contribution in [0.5, 0.6) is 0 Å². The lowest BCUT2D eigenvalue weighted by Gasteiger charge is -2.34. The molecule has 1 aliphatic heterocycles. The molecular weight excluding hydrogens is 234 g/mol. The lowest BCUT2D eigenvalue weighted by atomic mass is 10.2. The Kier molecular flexibility index (Phi) is 5.90. The summed E-state index contributed by atoms with van der Waals surface area (Å²) in [5.74, 6) is 2.60. The highest BCUT2D eigenvalue weighted by atomic mass is 15.3. The SMILES string of the molecule is C#CCNCCN1CCN(Cc2ccccc2)CC1. The number of rotatable bonds is 6. The Balaban J connectivity index is 1.64. The first-order valence-electron chi connectivity index (χ1n) is 7.01. The van der Waals surface area contributed by atoms with E-state index >= 15 is 0 Å². The molecule has 2 rings (SSSR count). The van der Waals surface area contributed by atoms with E-state index in [1.807, 2.05) is 0 Å². The van der Waals surface area contributed by atoms with E-state index in [0.29, 0.717) is 6.54 Å². The highest BCUT2D eigenvalue weighted by Gasteiger charge is 2.16. The van der Waals surface area contributed by atoms with Crippen molar-refractivity contribution < 1.29 is 0 Å². The number of hydrogen-bond donors (Lipinski definition) is 1. The Morgan fingerprint density at radius 2 is 1.74 bits per heavy atom. The van der Waals surface area contributed by atoms with Crippen molar-refractivity contribution in [1.29, 1.82) is 0 Å². The van der Waals surface area contributed by atoms with Crippen LogP contribution in [0.1, 0.15) is 5.56 Å². The zero-order chi connectivity index (χ0) is 13.3. The van der Waals surface area contributed by atoms with E-state index < -0.39 is 0 Å². The highest BCUT2D eigenvalue weighted by Crippen LogP contribution is 2.07. The van der Waals surface area contributed by atoms with Gasteiger partial charge in [0.1, 0.15) is 0 Å². The molecule has 0 aliphatic carbocycles. The first-order chi connectivity index (χ1) is 9.38. The molecule has 0 bridgehead atoms. The minimum absolute atomic E-state index is 0.675. The molecule has 0 aromatic heterocycles. The molecule has 1 N–H and O–H groups in total. The number of terminal acetylenes is 1. The molecule has 0 saturated carbocycles. The van der Waals surface area contributed by atoms with Crippen LogP contribution in [0, 0.1) is 12.3 Å². The van der Waals surface area contributed by atoms with Gasteiger partial charge in [-0.15, -0.1) is 6.42 Å². The number of nitrogens with zero attached hydrogens (tertiary/aromatic N) is 2. The van der Waals surface area contributed by atoms with Gasteiger partial charge in [-0.2, -0.15) is 0 Å². The predicted molar refractivity (Wildman–Crippen MR) is 79.9 cm³/mol. The van der Waals surface area contributed by atoms with Crippen LogP contribution in [-0.4, -0.2) is 55.6 Å². The Labute approximate surface area is 116 Å². The third kappa shape index (κ3) is 5.04. The highest BCUT2D eigenvalue weighted by molar-refractivity contribution is 5.14. The number of nitrogens with one attached hydrogen (secondary N) is 1. The molecule has 1 aromatic rings. The molecule has 0 atom stereocenters. The normalized spacial score (nSPS) is 17.2. The first kappa shape index (κ1) is 14.1. The monoisotopic (exact) mass is 257 g/mol. The van der Waals surface area contributed by atoms with Crippen molar-refractivity contribution in [2.75, 3.05) is 45.8 Å². The van der Waals surface area contributed by atoms with Crippen LogP contribution < -0.4 is 5.32 Å². The van der Waals surface area contributed by atoms with Crippen molar-refractivity contribution in [1.82, 2.24) is 15.1 Å². The maximum Gasteiger partial charge on any atom is 0.0574 e. The van der Waals surface area contributed by atoms with Crippen molar-refractivity contribution in [2.24, 2.45) is 0 Å². The minimum Gasteiger partial charge on any atom is -0.305 e. The van der Waals surface area contributed by atoms with Gasteiger partial charge in [-0.1, -0.05) is 36.3 Å². The number of benzene rings is 1. The van der Waals surface area contributed by atoms with Crippen LogP contribution in [0.15, 0.2) is 30.3 Å². The molecule has 1 heterocycles. The molecule has 1 aromatic carbocycles. The van der Waals surface area contributed by atoms with Crippen LogP contribution in [0.4, 0.5) is 0 Å². The summed E-state index contributed by atoms with van der Waals surface area (Å²) in [6.07, 6.45) is 5.21. The summed E-state index contributed by atoms with van der Waals surface area (Å²) >= 11 is 0. The number of piperazine rings is 1. The summed E-state index contributed by atoms with van der Waals surface area (Å²) in [5.41, 5.74) is 1.41. The Morgan fingerprint density at radius 3 is 2.42 bits per heavy atom. The van der Waals surface area contributed by atoms with E-state index in [2.05, 4.69) is 51.4 Å². The van der Waals surface area contributed by atoms with Crippen molar-refractivity contribution in [3.8, 4) is 12.3 Å². The van der Waals surface area contributed by atoms with Gasteiger partial charge in [0, 0.05) is 45.8 Å². The maximum absolute atomic E-state index is 5.21. The molecule has 0 amide bonds. The van der Waals surface area contributed by atoms with Crippen molar-refractivity contribution in [2.45, 2.75) is 6.54 Å². The van der Waals surface area contributed by atoms with E-state index in [1.54, 1.807) is 0 Å². The zero-order valence-electron chi connectivity index (χ0n) is 11.5. The lowest BCUT2D eigenvalue weighted by Crippen LogP contribution is -2.47. The van der Waals surface area contributed by atoms with Crippen LogP contribution in [-0.2, 0) is 6.54 Å².